The number of hydrogen-bond donors (Lipinski definition) is 1. The third kappa shape index (κ3) is 2.81. The van der Waals surface area contributed by atoms with Crippen molar-refractivity contribution in [3.05, 3.63) is 6.33 Å². The Balaban J connectivity index is 2.08. The van der Waals surface area contributed by atoms with Gasteiger partial charge in [0.2, 0.25) is 5.88 Å². The smallest absolute Gasteiger partial charge is 0.242 e. The molecule has 2 rings (SSSR count). The molecule has 0 spiro atoms. The van der Waals surface area contributed by atoms with Gasteiger partial charge in [-0.15, -0.1) is 0 Å². The van der Waals surface area contributed by atoms with Crippen molar-refractivity contribution in [2.45, 2.75) is 25.9 Å². The van der Waals surface area contributed by atoms with E-state index < -0.39 is 0 Å². The van der Waals surface area contributed by atoms with Crippen LogP contribution in [0.2, 0.25) is 0 Å². The molecule has 18 heavy (non-hydrogen) atoms. The Morgan fingerprint density at radius 1 is 1.56 bits per heavy atom. The van der Waals surface area contributed by atoms with E-state index in [9.17, 15) is 0 Å². The maximum absolute atomic E-state index is 6.01. The largest absolute Gasteiger partial charge is 0.476 e. The maximum atomic E-state index is 6.01. The molecular formula is C12H20N4O2. The third-order valence-electron chi connectivity index (χ3n) is 2.97. The van der Waals surface area contributed by atoms with Crippen LogP contribution in [0.5, 0.6) is 5.88 Å². The van der Waals surface area contributed by atoms with Crippen molar-refractivity contribution in [3.63, 3.8) is 0 Å². The number of hydrogen-bond acceptors (Lipinski definition) is 6. The standard InChI is InChI=1S/C12H20N4O2/c1-3-17-12-10(13)11(14-8-15-12)16(2)7-9-5-4-6-18-9/h8-9H,3-7,13H2,1-2H3. The lowest BCUT2D eigenvalue weighted by molar-refractivity contribution is 0.116. The summed E-state index contributed by atoms with van der Waals surface area (Å²) in [6.07, 6.45) is 3.96. The van der Waals surface area contributed by atoms with Crippen molar-refractivity contribution in [3.8, 4) is 5.88 Å². The molecule has 1 atom stereocenters. The number of nitrogens with zero attached hydrogens (tertiary/aromatic N) is 3. The molecule has 0 bridgehead atoms. The van der Waals surface area contributed by atoms with Crippen LogP contribution in [0.15, 0.2) is 6.33 Å². The van der Waals surface area contributed by atoms with E-state index in [1.165, 1.54) is 6.33 Å². The summed E-state index contributed by atoms with van der Waals surface area (Å²) in [6, 6.07) is 0. The molecule has 1 unspecified atom stereocenters. The van der Waals surface area contributed by atoms with Crippen LogP contribution in [-0.2, 0) is 4.74 Å². The minimum absolute atomic E-state index is 0.264. The van der Waals surface area contributed by atoms with Gasteiger partial charge in [-0.2, -0.15) is 4.98 Å². The minimum atomic E-state index is 0.264. The zero-order chi connectivity index (χ0) is 13.0. The Hall–Kier alpha value is -1.56. The number of nitrogen functional groups attached to an aromatic ring is 1. The summed E-state index contributed by atoms with van der Waals surface area (Å²) in [7, 11) is 1.95. The molecule has 2 N–H and O–H groups in total. The topological polar surface area (TPSA) is 73.5 Å². The van der Waals surface area contributed by atoms with Gasteiger partial charge in [0.25, 0.3) is 0 Å². The number of anilines is 2. The molecule has 100 valence electrons. The van der Waals surface area contributed by atoms with Gasteiger partial charge in [0.15, 0.2) is 5.82 Å². The Morgan fingerprint density at radius 3 is 3.06 bits per heavy atom. The molecule has 1 aliphatic rings. The zero-order valence-corrected chi connectivity index (χ0v) is 10.9. The Labute approximate surface area is 107 Å². The van der Waals surface area contributed by atoms with Gasteiger partial charge >= 0.3 is 0 Å². The molecule has 1 aliphatic heterocycles. The SMILES string of the molecule is CCOc1ncnc(N(C)CC2CCCO2)c1N. The van der Waals surface area contributed by atoms with Crippen LogP contribution in [0, 0.1) is 0 Å². The molecule has 6 nitrogen and oxygen atoms in total. The fraction of sp³-hybridized carbons (Fsp3) is 0.667. The van der Waals surface area contributed by atoms with Crippen LogP contribution in [-0.4, -0.2) is 42.9 Å². The van der Waals surface area contributed by atoms with Crippen LogP contribution < -0.4 is 15.4 Å². The molecule has 1 fully saturated rings. The van der Waals surface area contributed by atoms with Crippen molar-refractivity contribution in [2.75, 3.05) is 37.4 Å². The van der Waals surface area contributed by atoms with Gasteiger partial charge in [-0.25, -0.2) is 4.98 Å². The van der Waals surface area contributed by atoms with Crippen LogP contribution in [0.25, 0.3) is 0 Å². The van der Waals surface area contributed by atoms with Gasteiger partial charge in [0.1, 0.15) is 12.0 Å². The average Bonchev–Trinajstić information content (AvgIpc) is 2.85. The summed E-state index contributed by atoms with van der Waals surface area (Å²) in [4.78, 5) is 10.2. The second-order valence-electron chi connectivity index (χ2n) is 4.36. The highest BCUT2D eigenvalue weighted by atomic mass is 16.5. The van der Waals surface area contributed by atoms with Crippen LogP contribution in [0.1, 0.15) is 19.8 Å². The first-order valence-electron chi connectivity index (χ1n) is 6.28. The summed E-state index contributed by atoms with van der Waals surface area (Å²) in [5.41, 5.74) is 6.50. The molecule has 0 radical (unpaired) electrons. The van der Waals surface area contributed by atoms with Crippen molar-refractivity contribution >= 4 is 11.5 Å². The minimum Gasteiger partial charge on any atom is -0.476 e. The third-order valence-corrected chi connectivity index (χ3v) is 2.97. The molecule has 1 aromatic heterocycles. The molecule has 1 aromatic rings. The Kier molecular flexibility index (Phi) is 4.19. The first-order valence-corrected chi connectivity index (χ1v) is 6.28. The summed E-state index contributed by atoms with van der Waals surface area (Å²) >= 11 is 0. The van der Waals surface area contributed by atoms with E-state index in [-0.39, 0.29) is 6.10 Å². The van der Waals surface area contributed by atoms with Crippen molar-refractivity contribution in [1.82, 2.24) is 9.97 Å². The Bertz CT molecular complexity index is 394. The van der Waals surface area contributed by atoms with E-state index in [4.69, 9.17) is 15.2 Å². The number of rotatable bonds is 5. The van der Waals surface area contributed by atoms with E-state index >= 15 is 0 Å². The number of nitrogens with two attached hydrogens (primary N) is 1. The number of ether oxygens (including phenoxy) is 2. The van der Waals surface area contributed by atoms with E-state index in [2.05, 4.69) is 9.97 Å². The van der Waals surface area contributed by atoms with Gasteiger partial charge < -0.3 is 20.1 Å². The normalized spacial score (nSPS) is 18.9. The highest BCUT2D eigenvalue weighted by molar-refractivity contribution is 5.67. The quantitative estimate of drug-likeness (QED) is 0.845. The molecule has 6 heteroatoms. The van der Waals surface area contributed by atoms with Gasteiger partial charge in [0.05, 0.1) is 12.7 Å². The van der Waals surface area contributed by atoms with E-state index in [0.29, 0.717) is 24.0 Å². The fourth-order valence-corrected chi connectivity index (χ4v) is 2.11. The molecular weight excluding hydrogens is 232 g/mol. The lowest BCUT2D eigenvalue weighted by atomic mass is 10.2. The van der Waals surface area contributed by atoms with Gasteiger partial charge in [-0.1, -0.05) is 0 Å². The predicted molar refractivity (Wildman–Crippen MR) is 69.9 cm³/mol. The van der Waals surface area contributed by atoms with E-state index in [0.717, 1.165) is 26.0 Å². The lowest BCUT2D eigenvalue weighted by Gasteiger charge is -2.23. The average molecular weight is 252 g/mol. The van der Waals surface area contributed by atoms with Gasteiger partial charge in [-0.3, -0.25) is 0 Å². The predicted octanol–water partition coefficient (Wildman–Crippen LogP) is 1.07. The van der Waals surface area contributed by atoms with Crippen molar-refractivity contribution < 1.29 is 9.47 Å². The molecule has 1 saturated heterocycles. The Morgan fingerprint density at radius 2 is 2.39 bits per heavy atom. The summed E-state index contributed by atoms with van der Waals surface area (Å²) in [5.74, 6) is 1.14. The first-order chi connectivity index (χ1) is 8.72. The molecule has 0 aromatic carbocycles. The first kappa shape index (κ1) is 12.9. The van der Waals surface area contributed by atoms with Crippen LogP contribution in [0.4, 0.5) is 11.5 Å². The highest BCUT2D eigenvalue weighted by Gasteiger charge is 2.20. The maximum Gasteiger partial charge on any atom is 0.242 e. The van der Waals surface area contributed by atoms with Crippen LogP contribution in [0.3, 0.4) is 0 Å². The van der Waals surface area contributed by atoms with Crippen molar-refractivity contribution in [1.29, 1.82) is 0 Å². The monoisotopic (exact) mass is 252 g/mol. The van der Waals surface area contributed by atoms with E-state index in [1.54, 1.807) is 0 Å². The summed E-state index contributed by atoms with van der Waals surface area (Å²) < 4.78 is 11.0. The lowest BCUT2D eigenvalue weighted by Crippen LogP contribution is -2.30. The summed E-state index contributed by atoms with van der Waals surface area (Å²) in [5, 5.41) is 0. The van der Waals surface area contributed by atoms with E-state index in [1.807, 2.05) is 18.9 Å². The number of likely N-dealkylation sites (N-methyl/N-ethyl adjacent to an activating group) is 1. The van der Waals surface area contributed by atoms with Gasteiger partial charge in [-0.05, 0) is 19.8 Å². The van der Waals surface area contributed by atoms with Crippen LogP contribution >= 0.6 is 0 Å². The van der Waals surface area contributed by atoms with Crippen molar-refractivity contribution in [2.24, 2.45) is 0 Å². The highest BCUT2D eigenvalue weighted by Crippen LogP contribution is 2.27. The second-order valence-corrected chi connectivity index (χ2v) is 4.36. The molecule has 2 heterocycles. The van der Waals surface area contributed by atoms with Gasteiger partial charge in [0, 0.05) is 20.2 Å². The zero-order valence-electron chi connectivity index (χ0n) is 10.9. The molecule has 0 amide bonds. The molecule has 0 aliphatic carbocycles. The number of aromatic nitrogens is 2. The molecule has 0 saturated carbocycles. The summed E-state index contributed by atoms with van der Waals surface area (Å²) in [6.45, 7) is 4.07. The fourth-order valence-electron chi connectivity index (χ4n) is 2.11. The second kappa shape index (κ2) is 5.86.